The van der Waals surface area contributed by atoms with Gasteiger partial charge in [0.1, 0.15) is 5.82 Å². The first-order valence-corrected chi connectivity index (χ1v) is 13.7. The second kappa shape index (κ2) is 24.7. The minimum atomic E-state index is -0.570. The Morgan fingerprint density at radius 1 is 0.682 bits per heavy atom. The molecule has 14 heteroatoms. The summed E-state index contributed by atoms with van der Waals surface area (Å²) in [6, 6.07) is 18.5. The van der Waals surface area contributed by atoms with Gasteiger partial charge in [0.2, 0.25) is 0 Å². The molecule has 11 nitrogen and oxygen atoms in total. The Labute approximate surface area is 270 Å². The lowest BCUT2D eigenvalue weighted by molar-refractivity contribution is -0.385. The number of nitrogens with zero attached hydrogens (tertiary/aromatic N) is 2. The van der Waals surface area contributed by atoms with Gasteiger partial charge in [0, 0.05) is 67.6 Å². The molecule has 0 atom stereocenters. The molecule has 0 heterocycles. The van der Waals surface area contributed by atoms with Crippen molar-refractivity contribution < 1.29 is 23.7 Å². The number of ether oxygens (including phenoxy) is 2. The molecule has 0 bridgehead atoms. The van der Waals surface area contributed by atoms with E-state index in [0.717, 1.165) is 80.5 Å². The molecule has 0 radical (unpaired) electrons. The van der Waals surface area contributed by atoms with Crippen molar-refractivity contribution in [2.24, 2.45) is 0 Å². The maximum absolute atomic E-state index is 12.1. The van der Waals surface area contributed by atoms with E-state index >= 15 is 0 Å². The van der Waals surface area contributed by atoms with Crippen molar-refractivity contribution in [2.45, 2.75) is 52.7 Å². The third kappa shape index (κ3) is 21.1. The van der Waals surface area contributed by atoms with Gasteiger partial charge >= 0.3 is 0 Å². The highest BCUT2D eigenvalue weighted by Crippen LogP contribution is 2.15. The van der Waals surface area contributed by atoms with E-state index in [0.29, 0.717) is 6.10 Å². The Hall–Kier alpha value is -3.71. The summed E-state index contributed by atoms with van der Waals surface area (Å²) in [5, 5.41) is 26.9. The predicted octanol–water partition coefficient (Wildman–Crippen LogP) is 7.90. The molecule has 44 heavy (non-hydrogen) atoms. The summed E-state index contributed by atoms with van der Waals surface area (Å²) in [7, 11) is 0. The average Bonchev–Trinajstić information content (AvgIpc) is 2.94. The summed E-state index contributed by atoms with van der Waals surface area (Å²) in [6.45, 7) is 11.4. The Kier molecular flexibility index (Phi) is 23.8. The average molecular weight is 661 g/mol. The van der Waals surface area contributed by atoms with Crippen LogP contribution in [-0.2, 0) is 9.47 Å². The fourth-order valence-electron chi connectivity index (χ4n) is 3.11. The van der Waals surface area contributed by atoms with E-state index in [1.807, 2.05) is 52.0 Å². The topological polar surface area (TPSA) is 155 Å². The molecule has 0 amide bonds. The van der Waals surface area contributed by atoms with Gasteiger partial charge in [-0.1, -0.05) is 0 Å². The summed E-state index contributed by atoms with van der Waals surface area (Å²) in [5.41, 5.74) is 8.39. The number of nitrogens with two attached hydrogens (primary N) is 1. The molecule has 0 spiro atoms. The molecule has 3 rings (SSSR count). The number of rotatable bonds is 14. The molecule has 0 fully saturated rings. The van der Waals surface area contributed by atoms with Crippen LogP contribution in [0.15, 0.2) is 72.8 Å². The molecular weight excluding hydrogens is 616 g/mol. The summed E-state index contributed by atoms with van der Waals surface area (Å²) in [4.78, 5) is 19.5. The lowest BCUT2D eigenvalue weighted by Gasteiger charge is -2.09. The number of hydrogen-bond donors (Lipinski definition) is 3. The van der Waals surface area contributed by atoms with Crippen molar-refractivity contribution in [2.75, 3.05) is 42.7 Å². The minimum absolute atomic E-state index is 0. The van der Waals surface area contributed by atoms with Crippen molar-refractivity contribution >= 4 is 53.3 Å². The second-order valence-corrected chi connectivity index (χ2v) is 9.56. The van der Waals surface area contributed by atoms with E-state index in [1.54, 1.807) is 12.1 Å². The number of nitro benzene ring substituents is 2. The van der Waals surface area contributed by atoms with Gasteiger partial charge in [0.25, 0.3) is 11.4 Å². The maximum Gasteiger partial charge on any atom is 0.269 e. The zero-order valence-corrected chi connectivity index (χ0v) is 27.1. The molecule has 0 saturated carbocycles. The van der Waals surface area contributed by atoms with Crippen LogP contribution in [0.25, 0.3) is 0 Å². The highest BCUT2D eigenvalue weighted by Gasteiger charge is 2.04. The van der Waals surface area contributed by atoms with Gasteiger partial charge in [-0.15, -0.1) is 24.8 Å². The van der Waals surface area contributed by atoms with Gasteiger partial charge in [-0.25, -0.2) is 4.39 Å². The predicted molar refractivity (Wildman–Crippen MR) is 180 cm³/mol. The summed E-state index contributed by atoms with van der Waals surface area (Å²) >= 11 is 0. The number of benzene rings is 3. The van der Waals surface area contributed by atoms with E-state index < -0.39 is 15.7 Å². The van der Waals surface area contributed by atoms with Crippen molar-refractivity contribution in [1.82, 2.24) is 0 Å². The van der Waals surface area contributed by atoms with E-state index in [2.05, 4.69) is 10.6 Å². The lowest BCUT2D eigenvalue weighted by atomic mass is 10.3. The van der Waals surface area contributed by atoms with Crippen molar-refractivity contribution in [3.63, 3.8) is 0 Å². The largest absolute Gasteiger partial charge is 0.399 e. The third-order valence-corrected chi connectivity index (χ3v) is 5.23. The number of non-ortho nitro benzene ring substituents is 2. The van der Waals surface area contributed by atoms with E-state index in [1.165, 1.54) is 12.1 Å². The fourth-order valence-corrected chi connectivity index (χ4v) is 3.11. The highest BCUT2D eigenvalue weighted by atomic mass is 35.5. The Balaban J connectivity index is 0. The second-order valence-electron chi connectivity index (χ2n) is 9.56. The first kappa shape index (κ1) is 42.4. The molecule has 246 valence electrons. The smallest absolute Gasteiger partial charge is 0.269 e. The summed E-state index contributed by atoms with van der Waals surface area (Å²) < 4.78 is 23.0. The molecule has 3 aromatic rings. The van der Waals surface area contributed by atoms with Crippen LogP contribution in [0.2, 0.25) is 0 Å². The van der Waals surface area contributed by atoms with Crippen LogP contribution < -0.4 is 16.4 Å². The lowest BCUT2D eigenvalue weighted by Crippen LogP contribution is -2.09. The Bertz CT molecular complexity index is 1170. The quantitative estimate of drug-likeness (QED) is 0.0677. The molecule has 0 aliphatic carbocycles. The zero-order chi connectivity index (χ0) is 31.3. The van der Waals surface area contributed by atoms with E-state index in [4.69, 9.17) is 15.2 Å². The van der Waals surface area contributed by atoms with Crippen molar-refractivity contribution in [3.8, 4) is 0 Å². The Morgan fingerprint density at radius 3 is 1.36 bits per heavy atom. The SMILES string of the molecule is CC(C)OCCCNc1ccc(N)cc1.CC(C)OCCCNc1ccc([N+](=O)[O-])cc1.Cl.Cl.O=[N+]([O-])c1ccc(F)cc1. The number of nitrogens with one attached hydrogen (secondary N) is 2. The van der Waals surface area contributed by atoms with Crippen LogP contribution in [0.1, 0.15) is 40.5 Å². The van der Waals surface area contributed by atoms with Gasteiger partial charge in [-0.3, -0.25) is 20.2 Å². The number of halogens is 3. The van der Waals surface area contributed by atoms with Gasteiger partial charge in [-0.2, -0.15) is 0 Å². The molecule has 0 aromatic heterocycles. The normalized spacial score (nSPS) is 9.80. The summed E-state index contributed by atoms with van der Waals surface area (Å²) in [5.74, 6) is -0.467. The fraction of sp³-hybridized carbons (Fsp3) is 0.400. The monoisotopic (exact) mass is 659 g/mol. The van der Waals surface area contributed by atoms with E-state index in [9.17, 15) is 24.6 Å². The van der Waals surface area contributed by atoms with Crippen LogP contribution in [0.5, 0.6) is 0 Å². The van der Waals surface area contributed by atoms with Gasteiger partial charge < -0.3 is 25.8 Å². The molecule has 0 aliphatic rings. The number of nitro groups is 2. The molecule has 0 unspecified atom stereocenters. The van der Waals surface area contributed by atoms with Crippen LogP contribution in [0.4, 0.5) is 32.8 Å². The highest BCUT2D eigenvalue weighted by molar-refractivity contribution is 5.85. The first-order chi connectivity index (χ1) is 20.0. The Morgan fingerprint density at radius 2 is 1.02 bits per heavy atom. The molecular formula is C30H44Cl2FN5O6. The van der Waals surface area contributed by atoms with Crippen LogP contribution in [-0.4, -0.2) is 48.4 Å². The van der Waals surface area contributed by atoms with Crippen molar-refractivity contribution in [3.05, 3.63) is 98.8 Å². The standard InChI is InChI=1S/C12H18N2O3.C12H20N2O.C6H4FNO2.2ClH/c1-10(2)17-9-3-8-13-11-4-6-12(7-5-11)14(15)16;1-10(2)15-9-3-8-14-12-6-4-11(13)5-7-12;7-5-1-3-6(4-2-5)8(9)10;;/h4-7,10,13H,3,8-9H2,1-2H3;4-7,10,14H,3,8-9,13H2,1-2H3;1-4H;2*1H. The van der Waals surface area contributed by atoms with Gasteiger partial charge in [0.15, 0.2) is 0 Å². The number of nitrogen functional groups attached to an aromatic ring is 1. The zero-order valence-electron chi connectivity index (χ0n) is 25.4. The number of anilines is 3. The first-order valence-electron chi connectivity index (χ1n) is 13.7. The molecule has 4 N–H and O–H groups in total. The molecule has 0 aliphatic heterocycles. The number of hydrogen-bond acceptors (Lipinski definition) is 9. The summed E-state index contributed by atoms with van der Waals surface area (Å²) in [6.07, 6.45) is 2.51. The van der Waals surface area contributed by atoms with Gasteiger partial charge in [-0.05, 0) is 89.1 Å². The third-order valence-electron chi connectivity index (χ3n) is 5.23. The van der Waals surface area contributed by atoms with Crippen LogP contribution >= 0.6 is 24.8 Å². The van der Waals surface area contributed by atoms with E-state index in [-0.39, 0.29) is 42.3 Å². The van der Waals surface area contributed by atoms with Crippen LogP contribution in [0.3, 0.4) is 0 Å². The molecule has 0 saturated heterocycles. The van der Waals surface area contributed by atoms with Crippen LogP contribution in [0, 0.1) is 26.0 Å². The minimum Gasteiger partial charge on any atom is -0.399 e. The van der Waals surface area contributed by atoms with Crippen molar-refractivity contribution in [1.29, 1.82) is 0 Å². The maximum atomic E-state index is 12.1. The van der Waals surface area contributed by atoms with Gasteiger partial charge in [0.05, 0.1) is 22.1 Å². The molecule has 3 aromatic carbocycles.